The zero-order valence-electron chi connectivity index (χ0n) is 10.6. The van der Waals surface area contributed by atoms with Crippen molar-refractivity contribution in [1.29, 1.82) is 0 Å². The summed E-state index contributed by atoms with van der Waals surface area (Å²) in [7, 11) is 0. The Balaban J connectivity index is 1.82. The van der Waals surface area contributed by atoms with Gasteiger partial charge >= 0.3 is 0 Å². The molecule has 1 heterocycles. The maximum absolute atomic E-state index is 11.8. The minimum atomic E-state index is -0.386. The molecule has 2 amide bonds. The molecule has 0 spiro atoms. The molecule has 1 aromatic rings. The lowest BCUT2D eigenvalue weighted by atomic mass is 10.1. The minimum Gasteiger partial charge on any atom is -0.343 e. The molecule has 0 aliphatic carbocycles. The van der Waals surface area contributed by atoms with Crippen molar-refractivity contribution < 1.29 is 9.59 Å². The molecule has 0 bridgehead atoms. The molecular formula is C14H18N2O2. The summed E-state index contributed by atoms with van der Waals surface area (Å²) >= 11 is 0. The van der Waals surface area contributed by atoms with Gasteiger partial charge in [-0.1, -0.05) is 30.3 Å². The zero-order chi connectivity index (χ0) is 13.0. The molecule has 1 N–H and O–H groups in total. The molecule has 1 unspecified atom stereocenters. The molecular weight excluding hydrogens is 228 g/mol. The van der Waals surface area contributed by atoms with E-state index < -0.39 is 0 Å². The number of piperazine rings is 1. The second-order valence-corrected chi connectivity index (χ2v) is 4.64. The third-order valence-electron chi connectivity index (χ3n) is 3.13. The first-order chi connectivity index (χ1) is 8.66. The monoisotopic (exact) mass is 246 g/mol. The van der Waals surface area contributed by atoms with E-state index >= 15 is 0 Å². The van der Waals surface area contributed by atoms with Crippen molar-refractivity contribution in [2.45, 2.75) is 25.8 Å². The summed E-state index contributed by atoms with van der Waals surface area (Å²) in [6.07, 6.45) is 1.82. The highest BCUT2D eigenvalue weighted by Gasteiger charge is 2.28. The fourth-order valence-electron chi connectivity index (χ4n) is 2.18. The van der Waals surface area contributed by atoms with Crippen LogP contribution in [-0.2, 0) is 16.0 Å². The van der Waals surface area contributed by atoms with Gasteiger partial charge in [-0.15, -0.1) is 0 Å². The maximum Gasteiger partial charge on any atom is 0.245 e. The SMILES string of the molecule is CC1NC(=O)CN(CCCc2ccccc2)C1=O. The van der Waals surface area contributed by atoms with Crippen LogP contribution in [0, 0.1) is 0 Å². The lowest BCUT2D eigenvalue weighted by molar-refractivity contribution is -0.143. The van der Waals surface area contributed by atoms with Crippen LogP contribution in [0.5, 0.6) is 0 Å². The van der Waals surface area contributed by atoms with Crippen molar-refractivity contribution in [2.24, 2.45) is 0 Å². The molecule has 1 fully saturated rings. The highest BCUT2D eigenvalue weighted by molar-refractivity contribution is 5.94. The Morgan fingerprint density at radius 3 is 2.72 bits per heavy atom. The Labute approximate surface area is 107 Å². The minimum absolute atomic E-state index is 0.0164. The lowest BCUT2D eigenvalue weighted by Crippen LogP contribution is -2.56. The van der Waals surface area contributed by atoms with Gasteiger partial charge in [0.2, 0.25) is 11.8 Å². The Hall–Kier alpha value is -1.84. The van der Waals surface area contributed by atoms with Gasteiger partial charge in [0.25, 0.3) is 0 Å². The summed E-state index contributed by atoms with van der Waals surface area (Å²) in [4.78, 5) is 24.8. The van der Waals surface area contributed by atoms with Crippen molar-refractivity contribution in [1.82, 2.24) is 10.2 Å². The smallest absolute Gasteiger partial charge is 0.245 e. The van der Waals surface area contributed by atoms with E-state index in [0.29, 0.717) is 6.54 Å². The quantitative estimate of drug-likeness (QED) is 0.860. The Morgan fingerprint density at radius 2 is 2.00 bits per heavy atom. The number of aryl methyl sites for hydroxylation is 1. The topological polar surface area (TPSA) is 49.4 Å². The van der Waals surface area contributed by atoms with Gasteiger partial charge < -0.3 is 10.2 Å². The molecule has 0 radical (unpaired) electrons. The van der Waals surface area contributed by atoms with E-state index in [1.54, 1.807) is 11.8 Å². The number of carbonyl (C=O) groups is 2. The fraction of sp³-hybridized carbons (Fsp3) is 0.429. The Kier molecular flexibility index (Phi) is 3.97. The summed E-state index contributed by atoms with van der Waals surface area (Å²) in [6.45, 7) is 2.56. The van der Waals surface area contributed by atoms with Crippen LogP contribution in [0.25, 0.3) is 0 Å². The molecule has 1 aliphatic rings. The van der Waals surface area contributed by atoms with Crippen LogP contribution in [-0.4, -0.2) is 35.8 Å². The molecule has 1 atom stereocenters. The first-order valence-electron chi connectivity index (χ1n) is 6.29. The first-order valence-corrected chi connectivity index (χ1v) is 6.29. The zero-order valence-corrected chi connectivity index (χ0v) is 10.6. The molecule has 1 saturated heterocycles. The van der Waals surface area contributed by atoms with Crippen molar-refractivity contribution in [3.05, 3.63) is 35.9 Å². The van der Waals surface area contributed by atoms with Crippen LogP contribution in [0.15, 0.2) is 30.3 Å². The molecule has 0 saturated carbocycles. The van der Waals surface area contributed by atoms with Gasteiger partial charge in [0.05, 0.1) is 6.54 Å². The van der Waals surface area contributed by atoms with Crippen LogP contribution in [0.2, 0.25) is 0 Å². The van der Waals surface area contributed by atoms with E-state index in [1.807, 2.05) is 18.2 Å². The standard InChI is InChI=1S/C14H18N2O2/c1-11-14(18)16(10-13(17)15-11)9-5-8-12-6-3-2-4-7-12/h2-4,6-7,11H,5,8-10H2,1H3,(H,15,17). The van der Waals surface area contributed by atoms with Gasteiger partial charge in [-0.3, -0.25) is 9.59 Å². The van der Waals surface area contributed by atoms with E-state index in [9.17, 15) is 9.59 Å². The van der Waals surface area contributed by atoms with Gasteiger partial charge in [-0.05, 0) is 25.3 Å². The first kappa shape index (κ1) is 12.6. The largest absolute Gasteiger partial charge is 0.343 e. The molecule has 18 heavy (non-hydrogen) atoms. The summed E-state index contributed by atoms with van der Waals surface area (Å²) in [5.41, 5.74) is 1.26. The number of hydrogen-bond donors (Lipinski definition) is 1. The van der Waals surface area contributed by atoms with Crippen LogP contribution in [0.1, 0.15) is 18.9 Å². The molecule has 1 aliphatic heterocycles. The van der Waals surface area contributed by atoms with Crippen molar-refractivity contribution in [2.75, 3.05) is 13.1 Å². The van der Waals surface area contributed by atoms with E-state index in [4.69, 9.17) is 0 Å². The second kappa shape index (κ2) is 5.67. The molecule has 4 heteroatoms. The summed E-state index contributed by atoms with van der Waals surface area (Å²) in [6, 6.07) is 9.78. The number of amides is 2. The maximum atomic E-state index is 11.8. The van der Waals surface area contributed by atoms with Crippen LogP contribution < -0.4 is 5.32 Å². The average molecular weight is 246 g/mol. The molecule has 4 nitrogen and oxygen atoms in total. The van der Waals surface area contributed by atoms with Gasteiger partial charge in [0.1, 0.15) is 6.04 Å². The third kappa shape index (κ3) is 3.09. The lowest BCUT2D eigenvalue weighted by Gasteiger charge is -2.30. The van der Waals surface area contributed by atoms with Crippen molar-refractivity contribution in [3.63, 3.8) is 0 Å². The number of nitrogens with one attached hydrogen (secondary N) is 1. The summed E-state index contributed by atoms with van der Waals surface area (Å²) < 4.78 is 0. The van der Waals surface area contributed by atoms with Crippen LogP contribution >= 0.6 is 0 Å². The van der Waals surface area contributed by atoms with Crippen LogP contribution in [0.3, 0.4) is 0 Å². The van der Waals surface area contributed by atoms with E-state index in [1.165, 1.54) is 5.56 Å². The highest BCUT2D eigenvalue weighted by Crippen LogP contribution is 2.07. The molecule has 1 aromatic carbocycles. The predicted octanol–water partition coefficient (Wildman–Crippen LogP) is 0.966. The summed E-state index contributed by atoms with van der Waals surface area (Å²) in [5, 5.41) is 2.64. The van der Waals surface area contributed by atoms with Gasteiger partial charge in [0, 0.05) is 6.54 Å². The number of nitrogens with zero attached hydrogens (tertiary/aromatic N) is 1. The van der Waals surface area contributed by atoms with Crippen molar-refractivity contribution >= 4 is 11.8 Å². The van der Waals surface area contributed by atoms with Gasteiger partial charge in [-0.25, -0.2) is 0 Å². The number of carbonyl (C=O) groups excluding carboxylic acids is 2. The normalized spacial score (nSPS) is 19.8. The van der Waals surface area contributed by atoms with Gasteiger partial charge in [0.15, 0.2) is 0 Å². The molecule has 96 valence electrons. The molecule has 2 rings (SSSR count). The fourth-order valence-corrected chi connectivity index (χ4v) is 2.18. The van der Waals surface area contributed by atoms with E-state index in [2.05, 4.69) is 17.4 Å². The number of rotatable bonds is 4. The molecule has 0 aromatic heterocycles. The average Bonchev–Trinajstić information content (AvgIpc) is 2.36. The van der Waals surface area contributed by atoms with Crippen molar-refractivity contribution in [3.8, 4) is 0 Å². The second-order valence-electron chi connectivity index (χ2n) is 4.64. The van der Waals surface area contributed by atoms with Gasteiger partial charge in [-0.2, -0.15) is 0 Å². The van der Waals surface area contributed by atoms with E-state index in [-0.39, 0.29) is 24.4 Å². The van der Waals surface area contributed by atoms with E-state index in [0.717, 1.165) is 12.8 Å². The Bertz CT molecular complexity index is 431. The number of benzene rings is 1. The third-order valence-corrected chi connectivity index (χ3v) is 3.13. The summed E-state index contributed by atoms with van der Waals surface area (Å²) in [5.74, 6) is -0.0514. The van der Waals surface area contributed by atoms with Crippen LogP contribution in [0.4, 0.5) is 0 Å². The Morgan fingerprint density at radius 1 is 1.28 bits per heavy atom. The number of hydrogen-bond acceptors (Lipinski definition) is 2. The predicted molar refractivity (Wildman–Crippen MR) is 68.9 cm³/mol. The highest BCUT2D eigenvalue weighted by atomic mass is 16.2.